The van der Waals surface area contributed by atoms with Crippen LogP contribution in [0.2, 0.25) is 0 Å². The van der Waals surface area contributed by atoms with Crippen LogP contribution >= 0.6 is 0 Å². The first-order valence-corrected chi connectivity index (χ1v) is 4.70. The monoisotopic (exact) mass is 182 g/mol. The van der Waals surface area contributed by atoms with Gasteiger partial charge in [-0.25, -0.2) is 0 Å². The molecule has 0 amide bonds. The molecule has 74 valence electrons. The molecule has 0 bridgehead atoms. The van der Waals surface area contributed by atoms with Crippen LogP contribution in [-0.4, -0.2) is 11.1 Å². The van der Waals surface area contributed by atoms with Crippen molar-refractivity contribution in [2.45, 2.75) is 33.6 Å². The number of hydrogen-bond acceptors (Lipinski definition) is 1. The predicted octanol–water partition coefficient (Wildman–Crippen LogP) is 2.39. The van der Waals surface area contributed by atoms with Crippen molar-refractivity contribution >= 4 is 5.97 Å². The first-order chi connectivity index (χ1) is 6.04. The zero-order valence-electron chi connectivity index (χ0n) is 8.58. The largest absolute Gasteiger partial charge is 0.481 e. The lowest BCUT2D eigenvalue weighted by Gasteiger charge is -2.23. The quantitative estimate of drug-likeness (QED) is 0.663. The van der Waals surface area contributed by atoms with E-state index in [0.717, 1.165) is 6.42 Å². The second kappa shape index (κ2) is 5.64. The highest BCUT2D eigenvalue weighted by Gasteiger charge is 2.26. The van der Waals surface area contributed by atoms with E-state index in [2.05, 4.69) is 19.8 Å². The van der Waals surface area contributed by atoms with Gasteiger partial charge in [0.15, 0.2) is 0 Å². The molecule has 0 aromatic heterocycles. The van der Waals surface area contributed by atoms with Gasteiger partial charge < -0.3 is 5.11 Å². The molecule has 0 saturated heterocycles. The van der Waals surface area contributed by atoms with Crippen LogP contribution in [0, 0.1) is 30.1 Å². The molecule has 0 fully saturated rings. The fraction of sp³-hybridized carbons (Fsp3) is 0.727. The molecule has 0 aliphatic rings. The summed E-state index contributed by atoms with van der Waals surface area (Å²) in [5.41, 5.74) is 0. The van der Waals surface area contributed by atoms with Crippen LogP contribution in [0.5, 0.6) is 0 Å². The van der Waals surface area contributed by atoms with Crippen molar-refractivity contribution in [3.05, 3.63) is 0 Å². The zero-order valence-corrected chi connectivity index (χ0v) is 8.58. The molecule has 2 heteroatoms. The van der Waals surface area contributed by atoms with Crippen LogP contribution in [0.15, 0.2) is 0 Å². The van der Waals surface area contributed by atoms with Gasteiger partial charge in [-0.05, 0) is 11.8 Å². The maximum Gasteiger partial charge on any atom is 0.307 e. The molecular formula is C11H18O2. The summed E-state index contributed by atoms with van der Waals surface area (Å²) < 4.78 is 0. The molecule has 0 aliphatic carbocycles. The van der Waals surface area contributed by atoms with E-state index in [1.165, 1.54) is 0 Å². The molecule has 0 aromatic rings. The number of aliphatic carboxylic acids is 1. The van der Waals surface area contributed by atoms with Crippen LogP contribution < -0.4 is 0 Å². The minimum Gasteiger partial charge on any atom is -0.481 e. The van der Waals surface area contributed by atoms with Gasteiger partial charge in [0.25, 0.3) is 0 Å². The standard InChI is InChI=1S/C11H18O2/c1-5-7-10(11(12)13)9(4)8(3)6-2/h1,8-10H,6-7H2,2-4H3,(H,12,13). The third-order valence-electron chi connectivity index (χ3n) is 2.83. The SMILES string of the molecule is C#CCC(C(=O)O)C(C)C(C)CC. The molecule has 0 rings (SSSR count). The van der Waals surface area contributed by atoms with E-state index >= 15 is 0 Å². The molecule has 3 unspecified atom stereocenters. The molecule has 1 N–H and O–H groups in total. The maximum atomic E-state index is 10.9. The molecule has 2 nitrogen and oxygen atoms in total. The lowest BCUT2D eigenvalue weighted by Crippen LogP contribution is -2.25. The fourth-order valence-corrected chi connectivity index (χ4v) is 1.39. The van der Waals surface area contributed by atoms with E-state index in [9.17, 15) is 4.79 Å². The topological polar surface area (TPSA) is 37.3 Å². The summed E-state index contributed by atoms with van der Waals surface area (Å²) in [6, 6.07) is 0. The van der Waals surface area contributed by atoms with Crippen molar-refractivity contribution in [2.24, 2.45) is 17.8 Å². The Bertz CT molecular complexity index is 203. The third-order valence-corrected chi connectivity index (χ3v) is 2.83. The van der Waals surface area contributed by atoms with Gasteiger partial charge in [0, 0.05) is 6.42 Å². The average Bonchev–Trinajstić information content (AvgIpc) is 2.11. The van der Waals surface area contributed by atoms with Gasteiger partial charge in [-0.15, -0.1) is 12.3 Å². The molecule has 0 radical (unpaired) electrons. The van der Waals surface area contributed by atoms with Crippen molar-refractivity contribution in [2.75, 3.05) is 0 Å². The Kier molecular flexibility index (Phi) is 5.22. The molecule has 0 saturated carbocycles. The van der Waals surface area contributed by atoms with Crippen LogP contribution in [-0.2, 0) is 4.79 Å². The van der Waals surface area contributed by atoms with Crippen molar-refractivity contribution in [1.29, 1.82) is 0 Å². The number of carboxylic acid groups (broad SMARTS) is 1. The third kappa shape index (κ3) is 3.50. The van der Waals surface area contributed by atoms with Gasteiger partial charge in [0.05, 0.1) is 5.92 Å². The van der Waals surface area contributed by atoms with Gasteiger partial charge >= 0.3 is 5.97 Å². The van der Waals surface area contributed by atoms with Gasteiger partial charge in [-0.2, -0.15) is 0 Å². The van der Waals surface area contributed by atoms with Crippen molar-refractivity contribution < 1.29 is 9.90 Å². The number of terminal acetylenes is 1. The Morgan fingerprint density at radius 2 is 2.08 bits per heavy atom. The second-order valence-corrected chi connectivity index (χ2v) is 3.60. The van der Waals surface area contributed by atoms with Crippen molar-refractivity contribution in [3.8, 4) is 12.3 Å². The summed E-state index contributed by atoms with van der Waals surface area (Å²) >= 11 is 0. The molecule has 3 atom stereocenters. The van der Waals surface area contributed by atoms with E-state index in [-0.39, 0.29) is 11.8 Å². The molecule has 0 aliphatic heterocycles. The van der Waals surface area contributed by atoms with Crippen LogP contribution in [0.3, 0.4) is 0 Å². The summed E-state index contributed by atoms with van der Waals surface area (Å²) in [5.74, 6) is 1.83. The first-order valence-electron chi connectivity index (χ1n) is 4.70. The average molecular weight is 182 g/mol. The number of carbonyl (C=O) groups is 1. The van der Waals surface area contributed by atoms with Crippen molar-refractivity contribution in [1.82, 2.24) is 0 Å². The second-order valence-electron chi connectivity index (χ2n) is 3.60. The smallest absolute Gasteiger partial charge is 0.307 e. The lowest BCUT2D eigenvalue weighted by molar-refractivity contribution is -0.144. The highest BCUT2D eigenvalue weighted by molar-refractivity contribution is 5.70. The van der Waals surface area contributed by atoms with Crippen LogP contribution in [0.1, 0.15) is 33.6 Å². The van der Waals surface area contributed by atoms with E-state index in [4.69, 9.17) is 11.5 Å². The summed E-state index contributed by atoms with van der Waals surface area (Å²) in [6.07, 6.45) is 6.46. The number of carboxylic acids is 1. The van der Waals surface area contributed by atoms with Crippen LogP contribution in [0.25, 0.3) is 0 Å². The summed E-state index contributed by atoms with van der Waals surface area (Å²) in [4.78, 5) is 10.9. The molecular weight excluding hydrogens is 164 g/mol. The number of hydrogen-bond donors (Lipinski definition) is 1. The van der Waals surface area contributed by atoms with Gasteiger partial charge in [0.1, 0.15) is 0 Å². The van der Waals surface area contributed by atoms with Gasteiger partial charge in [-0.1, -0.05) is 27.2 Å². The van der Waals surface area contributed by atoms with E-state index < -0.39 is 5.97 Å². The maximum absolute atomic E-state index is 10.9. The van der Waals surface area contributed by atoms with E-state index in [1.54, 1.807) is 0 Å². The Hall–Kier alpha value is -0.970. The summed E-state index contributed by atoms with van der Waals surface area (Å²) in [6.45, 7) is 6.09. The van der Waals surface area contributed by atoms with Crippen LogP contribution in [0.4, 0.5) is 0 Å². The van der Waals surface area contributed by atoms with Gasteiger partial charge in [-0.3, -0.25) is 4.79 Å². The molecule has 0 heterocycles. The lowest BCUT2D eigenvalue weighted by atomic mass is 9.81. The first kappa shape index (κ1) is 12.0. The Labute approximate surface area is 80.3 Å². The summed E-state index contributed by atoms with van der Waals surface area (Å²) in [7, 11) is 0. The minimum atomic E-state index is -0.772. The predicted molar refractivity (Wildman–Crippen MR) is 53.2 cm³/mol. The molecule has 13 heavy (non-hydrogen) atoms. The minimum absolute atomic E-state index is 0.151. The normalized spacial score (nSPS) is 17.1. The highest BCUT2D eigenvalue weighted by Crippen LogP contribution is 2.25. The molecule has 0 aromatic carbocycles. The van der Waals surface area contributed by atoms with Crippen molar-refractivity contribution in [3.63, 3.8) is 0 Å². The number of rotatable bonds is 5. The Morgan fingerprint density at radius 3 is 2.38 bits per heavy atom. The van der Waals surface area contributed by atoms with E-state index in [1.807, 2.05) is 6.92 Å². The zero-order chi connectivity index (χ0) is 10.4. The van der Waals surface area contributed by atoms with Gasteiger partial charge in [0.2, 0.25) is 0 Å². The van der Waals surface area contributed by atoms with E-state index in [0.29, 0.717) is 12.3 Å². The molecule has 0 spiro atoms. The highest BCUT2D eigenvalue weighted by atomic mass is 16.4. The Balaban J connectivity index is 4.37. The fourth-order valence-electron chi connectivity index (χ4n) is 1.39. The Morgan fingerprint density at radius 1 is 1.54 bits per heavy atom. The summed E-state index contributed by atoms with van der Waals surface area (Å²) in [5, 5.41) is 8.92.